The van der Waals surface area contributed by atoms with Crippen molar-refractivity contribution in [1.29, 1.82) is 0 Å². The Morgan fingerprint density at radius 3 is 2.48 bits per heavy atom. The molecule has 0 aliphatic heterocycles. The van der Waals surface area contributed by atoms with Crippen LogP contribution in [-0.2, 0) is 0 Å². The van der Waals surface area contributed by atoms with Crippen LogP contribution in [0.25, 0.3) is 16.2 Å². The molecule has 1 aromatic carbocycles. The minimum atomic E-state index is 0.434. The Kier molecular flexibility index (Phi) is 4.07. The van der Waals surface area contributed by atoms with Crippen molar-refractivity contribution >= 4 is 51.4 Å². The van der Waals surface area contributed by atoms with E-state index in [-0.39, 0.29) is 0 Å². The highest BCUT2D eigenvalue weighted by Crippen LogP contribution is 2.33. The van der Waals surface area contributed by atoms with Gasteiger partial charge < -0.3 is 0 Å². The van der Waals surface area contributed by atoms with Gasteiger partial charge in [0.05, 0.1) is 10.7 Å². The second-order valence-corrected chi connectivity index (χ2v) is 7.15. The smallest absolute Gasteiger partial charge is 0.250 e. The summed E-state index contributed by atoms with van der Waals surface area (Å²) in [6.45, 7) is 3.83. The number of benzene rings is 1. The lowest BCUT2D eigenvalue weighted by Gasteiger charge is -2.03. The lowest BCUT2D eigenvalue weighted by molar-refractivity contribution is 0.978. The average molecular weight is 391 g/mol. The summed E-state index contributed by atoms with van der Waals surface area (Å²) in [7, 11) is 0. The number of anilines is 2. The van der Waals surface area contributed by atoms with Crippen molar-refractivity contribution in [2.24, 2.45) is 0 Å². The molecule has 6 nitrogen and oxygen atoms in total. The second kappa shape index (κ2) is 6.25. The molecule has 0 atom stereocenters. The zero-order chi connectivity index (χ0) is 17.6. The van der Waals surface area contributed by atoms with Gasteiger partial charge in [0, 0.05) is 27.4 Å². The van der Waals surface area contributed by atoms with E-state index in [1.807, 2.05) is 31.4 Å². The highest BCUT2D eigenvalue weighted by atomic mass is 35.5. The summed E-state index contributed by atoms with van der Waals surface area (Å²) < 4.78 is 1.74. The number of rotatable bonds is 3. The normalized spacial score (nSPS) is 11.2. The second-order valence-electron chi connectivity index (χ2n) is 5.47. The van der Waals surface area contributed by atoms with Gasteiger partial charge in [-0.1, -0.05) is 23.2 Å². The molecule has 0 radical (unpaired) electrons. The van der Waals surface area contributed by atoms with Gasteiger partial charge in [-0.05, 0) is 38.1 Å². The predicted octanol–water partition coefficient (Wildman–Crippen LogP) is 4.92. The number of nitrogens with zero attached hydrogens (tertiary/aromatic N) is 5. The Morgan fingerprint density at radius 1 is 1.00 bits per heavy atom. The number of aryl methyl sites for hydroxylation is 2. The molecule has 0 amide bonds. The monoisotopic (exact) mass is 390 g/mol. The first kappa shape index (κ1) is 16.3. The quantitative estimate of drug-likeness (QED) is 0.537. The van der Waals surface area contributed by atoms with Gasteiger partial charge in [-0.15, -0.1) is 16.4 Å². The molecule has 9 heteroatoms. The van der Waals surface area contributed by atoms with Crippen molar-refractivity contribution in [2.75, 3.05) is 5.32 Å². The average Bonchev–Trinajstić information content (AvgIpc) is 3.06. The maximum absolute atomic E-state index is 6.32. The van der Waals surface area contributed by atoms with Gasteiger partial charge in [0.15, 0.2) is 0 Å². The molecule has 25 heavy (non-hydrogen) atoms. The molecule has 0 spiro atoms. The number of thiazole rings is 1. The van der Waals surface area contributed by atoms with Crippen LogP contribution in [0, 0.1) is 13.8 Å². The number of hydrogen-bond donors (Lipinski definition) is 1. The minimum absolute atomic E-state index is 0.434. The lowest BCUT2D eigenvalue weighted by atomic mass is 10.2. The molecule has 0 unspecified atom stereocenters. The third kappa shape index (κ3) is 3.18. The van der Waals surface area contributed by atoms with Crippen LogP contribution in [0.4, 0.5) is 11.9 Å². The highest BCUT2D eigenvalue weighted by Gasteiger charge is 2.15. The highest BCUT2D eigenvalue weighted by molar-refractivity contribution is 7.15. The number of aromatic nitrogens is 5. The molecule has 3 heterocycles. The van der Waals surface area contributed by atoms with Gasteiger partial charge in [-0.25, -0.2) is 14.5 Å². The van der Waals surface area contributed by atoms with Gasteiger partial charge >= 0.3 is 0 Å². The summed E-state index contributed by atoms with van der Waals surface area (Å²) in [5.41, 5.74) is 3.45. The van der Waals surface area contributed by atoms with Crippen LogP contribution in [0.3, 0.4) is 0 Å². The molecular weight excluding hydrogens is 379 g/mol. The fourth-order valence-electron chi connectivity index (χ4n) is 2.50. The van der Waals surface area contributed by atoms with E-state index in [1.165, 1.54) is 11.3 Å². The summed E-state index contributed by atoms with van der Waals surface area (Å²) in [4.78, 5) is 13.9. The Balaban J connectivity index is 1.73. The first-order chi connectivity index (χ1) is 12.0. The summed E-state index contributed by atoms with van der Waals surface area (Å²) in [6.07, 6.45) is 0. The number of fused-ring (bicyclic) bond motifs is 1. The van der Waals surface area contributed by atoms with E-state index in [0.717, 1.165) is 27.6 Å². The van der Waals surface area contributed by atoms with Crippen LogP contribution < -0.4 is 5.32 Å². The molecule has 0 aliphatic rings. The first-order valence-electron chi connectivity index (χ1n) is 7.38. The van der Waals surface area contributed by atoms with E-state index < -0.39 is 0 Å². The third-order valence-corrected chi connectivity index (χ3v) is 4.86. The lowest BCUT2D eigenvalue weighted by Crippen LogP contribution is -2.01. The largest absolute Gasteiger partial charge is 0.291 e. The molecule has 4 aromatic rings. The molecule has 4 rings (SSSR count). The number of nitrogens with one attached hydrogen (secondary N) is 1. The summed E-state index contributed by atoms with van der Waals surface area (Å²) in [5, 5.41) is 10.7. The van der Waals surface area contributed by atoms with Crippen LogP contribution in [-0.4, -0.2) is 24.6 Å². The van der Waals surface area contributed by atoms with Crippen LogP contribution in [0.1, 0.15) is 11.4 Å². The third-order valence-electron chi connectivity index (χ3n) is 3.49. The Morgan fingerprint density at radius 2 is 1.76 bits per heavy atom. The maximum atomic E-state index is 6.32. The van der Waals surface area contributed by atoms with Gasteiger partial charge in [-0.2, -0.15) is 4.98 Å². The standard InChI is InChI=1S/C16H12Cl2N6S/c1-8-5-9(2)20-14(19-8)21-15-22-16-24(23-15)13(7-25-16)11-4-3-10(17)6-12(11)18/h3-7H,1-2H3,(H,19,20,21,23). The topological polar surface area (TPSA) is 68.0 Å². The first-order valence-corrected chi connectivity index (χ1v) is 9.02. The predicted molar refractivity (Wildman–Crippen MR) is 101 cm³/mol. The summed E-state index contributed by atoms with van der Waals surface area (Å²) in [5.74, 6) is 0.907. The maximum Gasteiger partial charge on any atom is 0.250 e. The van der Waals surface area contributed by atoms with Crippen molar-refractivity contribution < 1.29 is 0 Å². The minimum Gasteiger partial charge on any atom is -0.291 e. The van der Waals surface area contributed by atoms with E-state index in [9.17, 15) is 0 Å². The van der Waals surface area contributed by atoms with Crippen LogP contribution in [0.15, 0.2) is 29.6 Å². The number of halogens is 2. The van der Waals surface area contributed by atoms with Gasteiger partial charge in [-0.3, -0.25) is 5.32 Å². The van der Waals surface area contributed by atoms with E-state index in [4.69, 9.17) is 23.2 Å². The summed E-state index contributed by atoms with van der Waals surface area (Å²) in [6, 6.07) is 7.28. The molecule has 0 fully saturated rings. The van der Waals surface area contributed by atoms with Crippen LogP contribution >= 0.6 is 34.5 Å². The van der Waals surface area contributed by atoms with Crippen molar-refractivity contribution in [3.05, 3.63) is 51.1 Å². The van der Waals surface area contributed by atoms with Crippen molar-refractivity contribution in [3.63, 3.8) is 0 Å². The zero-order valence-corrected chi connectivity index (χ0v) is 15.6. The molecule has 0 aliphatic carbocycles. The molecule has 1 N–H and O–H groups in total. The van der Waals surface area contributed by atoms with Gasteiger partial charge in [0.2, 0.25) is 10.9 Å². The molecular formula is C16H12Cl2N6S. The Hall–Kier alpha value is -2.22. The fraction of sp³-hybridized carbons (Fsp3) is 0.125. The SMILES string of the molecule is Cc1cc(C)nc(Nc2nc3scc(-c4ccc(Cl)cc4Cl)n3n2)n1. The van der Waals surface area contributed by atoms with E-state index >= 15 is 0 Å². The van der Waals surface area contributed by atoms with Crippen LogP contribution in [0.5, 0.6) is 0 Å². The van der Waals surface area contributed by atoms with Gasteiger partial charge in [0.1, 0.15) is 0 Å². The molecule has 0 bridgehead atoms. The van der Waals surface area contributed by atoms with E-state index in [2.05, 4.69) is 25.4 Å². The Bertz CT molecular complexity index is 1070. The van der Waals surface area contributed by atoms with E-state index in [0.29, 0.717) is 21.9 Å². The van der Waals surface area contributed by atoms with Crippen molar-refractivity contribution in [2.45, 2.75) is 13.8 Å². The Labute approximate surface area is 157 Å². The molecule has 3 aromatic heterocycles. The number of hydrogen-bond acceptors (Lipinski definition) is 6. The van der Waals surface area contributed by atoms with Gasteiger partial charge in [0.25, 0.3) is 5.95 Å². The van der Waals surface area contributed by atoms with Crippen LogP contribution in [0.2, 0.25) is 10.0 Å². The molecule has 126 valence electrons. The van der Waals surface area contributed by atoms with Crippen molar-refractivity contribution in [3.8, 4) is 11.3 Å². The zero-order valence-electron chi connectivity index (χ0n) is 13.3. The fourth-order valence-corrected chi connectivity index (χ4v) is 3.83. The summed E-state index contributed by atoms with van der Waals surface area (Å²) >= 11 is 13.8. The van der Waals surface area contributed by atoms with Crippen molar-refractivity contribution in [1.82, 2.24) is 24.6 Å². The molecule has 0 saturated heterocycles. The molecule has 0 saturated carbocycles. The van der Waals surface area contributed by atoms with E-state index in [1.54, 1.807) is 16.6 Å².